The minimum atomic E-state index is -4.06. The number of anilines is 2. The molecule has 0 saturated carbocycles. The number of nitrogens with one attached hydrogen (secondary N) is 2. The van der Waals surface area contributed by atoms with E-state index in [1.165, 1.54) is 30.3 Å². The minimum absolute atomic E-state index is 0.0438. The fourth-order valence-corrected chi connectivity index (χ4v) is 4.74. The molecule has 1 amide bonds. The lowest BCUT2D eigenvalue weighted by Crippen LogP contribution is -2.17. The summed E-state index contributed by atoms with van der Waals surface area (Å²) in [5.74, 6) is -0.939. The lowest BCUT2D eigenvalue weighted by Gasteiger charge is -2.13. The van der Waals surface area contributed by atoms with E-state index in [1.807, 2.05) is 36.5 Å². The summed E-state index contributed by atoms with van der Waals surface area (Å²) in [4.78, 5) is 12.4. The van der Waals surface area contributed by atoms with Crippen LogP contribution in [0.4, 0.5) is 15.8 Å². The third-order valence-corrected chi connectivity index (χ3v) is 6.68. The highest BCUT2D eigenvalue weighted by molar-refractivity contribution is 7.92. The quantitative estimate of drug-likeness (QED) is 0.384. The van der Waals surface area contributed by atoms with Gasteiger partial charge in [0.1, 0.15) is 5.82 Å². The molecule has 1 heterocycles. The lowest BCUT2D eigenvalue weighted by molar-refractivity contribution is -0.116. The van der Waals surface area contributed by atoms with Gasteiger partial charge >= 0.3 is 0 Å². The van der Waals surface area contributed by atoms with Crippen molar-refractivity contribution in [2.45, 2.75) is 24.7 Å². The Bertz CT molecular complexity index is 1420. The predicted octanol–water partition coefficient (Wildman–Crippen LogP) is 4.69. The van der Waals surface area contributed by atoms with E-state index >= 15 is 0 Å². The van der Waals surface area contributed by atoms with E-state index < -0.39 is 15.8 Å². The third kappa shape index (κ3) is 5.49. The number of nitrogens with zero attached hydrogens (tertiary/aromatic N) is 2. The van der Waals surface area contributed by atoms with Crippen LogP contribution >= 0.6 is 0 Å². The van der Waals surface area contributed by atoms with Gasteiger partial charge in [-0.1, -0.05) is 36.4 Å². The number of para-hydroxylation sites is 2. The molecule has 4 rings (SSSR count). The van der Waals surface area contributed by atoms with Crippen LogP contribution < -0.4 is 10.0 Å². The molecule has 0 aliphatic rings. The van der Waals surface area contributed by atoms with Gasteiger partial charge in [0, 0.05) is 18.3 Å². The Hall–Kier alpha value is -3.98. The van der Waals surface area contributed by atoms with Crippen LogP contribution in [-0.2, 0) is 21.2 Å². The molecular formula is C25H23FN4O3S. The van der Waals surface area contributed by atoms with E-state index in [2.05, 4.69) is 15.1 Å². The molecule has 1 aromatic heterocycles. The largest absolute Gasteiger partial charge is 0.326 e. The van der Waals surface area contributed by atoms with E-state index in [0.29, 0.717) is 17.7 Å². The van der Waals surface area contributed by atoms with Gasteiger partial charge < -0.3 is 5.32 Å². The zero-order valence-electron chi connectivity index (χ0n) is 18.4. The SMILES string of the molecule is Cc1ccc(NC(=O)CCc2cnn(-c3ccccc3)c2)cc1S(=O)(=O)Nc1ccccc1F. The fraction of sp³-hybridized carbons (Fsp3) is 0.120. The first kappa shape index (κ1) is 23.2. The van der Waals surface area contributed by atoms with E-state index in [0.717, 1.165) is 11.3 Å². The van der Waals surface area contributed by atoms with Crippen molar-refractivity contribution in [2.24, 2.45) is 0 Å². The standard InChI is InChI=1S/C25H23FN4O3S/c1-18-11-13-20(15-24(18)34(32,33)29-23-10-6-5-9-22(23)26)28-25(31)14-12-19-16-27-30(17-19)21-7-3-2-4-8-21/h2-11,13,15-17,29H,12,14H2,1H3,(H,28,31). The van der Waals surface area contributed by atoms with Gasteiger partial charge in [0.25, 0.3) is 10.0 Å². The number of aryl methyl sites for hydroxylation is 2. The molecule has 3 aromatic carbocycles. The van der Waals surface area contributed by atoms with Crippen molar-refractivity contribution in [3.05, 3.63) is 102 Å². The first-order valence-electron chi connectivity index (χ1n) is 10.6. The highest BCUT2D eigenvalue weighted by Crippen LogP contribution is 2.24. The third-order valence-electron chi connectivity index (χ3n) is 5.18. The molecule has 0 spiro atoms. The normalized spacial score (nSPS) is 11.2. The Morgan fingerprint density at radius 3 is 2.53 bits per heavy atom. The smallest absolute Gasteiger partial charge is 0.262 e. The molecule has 2 N–H and O–H groups in total. The van der Waals surface area contributed by atoms with Crippen molar-refractivity contribution in [1.29, 1.82) is 0 Å². The number of aromatic nitrogens is 2. The second-order valence-electron chi connectivity index (χ2n) is 7.74. The van der Waals surface area contributed by atoms with Crippen LogP contribution in [0, 0.1) is 12.7 Å². The number of carbonyl (C=O) groups is 1. The van der Waals surface area contributed by atoms with E-state index in [1.54, 1.807) is 29.9 Å². The van der Waals surface area contributed by atoms with E-state index in [4.69, 9.17) is 0 Å². The summed E-state index contributed by atoms with van der Waals surface area (Å²) >= 11 is 0. The molecule has 0 radical (unpaired) electrons. The van der Waals surface area contributed by atoms with E-state index in [9.17, 15) is 17.6 Å². The molecule has 0 fully saturated rings. The molecule has 7 nitrogen and oxygen atoms in total. The second-order valence-corrected chi connectivity index (χ2v) is 9.39. The van der Waals surface area contributed by atoms with Crippen molar-refractivity contribution in [2.75, 3.05) is 10.0 Å². The van der Waals surface area contributed by atoms with Crippen molar-refractivity contribution >= 4 is 27.3 Å². The van der Waals surface area contributed by atoms with Gasteiger partial charge in [0.15, 0.2) is 0 Å². The van der Waals surface area contributed by atoms with Gasteiger partial charge in [-0.2, -0.15) is 5.10 Å². The highest BCUT2D eigenvalue weighted by Gasteiger charge is 2.19. The zero-order valence-corrected chi connectivity index (χ0v) is 19.2. The van der Waals surface area contributed by atoms with Gasteiger partial charge in [-0.25, -0.2) is 17.5 Å². The highest BCUT2D eigenvalue weighted by atomic mass is 32.2. The van der Waals surface area contributed by atoms with Crippen molar-refractivity contribution in [1.82, 2.24) is 9.78 Å². The fourth-order valence-electron chi connectivity index (χ4n) is 3.40. The van der Waals surface area contributed by atoms with Crippen LogP contribution in [0.1, 0.15) is 17.5 Å². The van der Waals surface area contributed by atoms with Gasteiger partial charge in [-0.15, -0.1) is 0 Å². The van der Waals surface area contributed by atoms with Gasteiger partial charge in [0.05, 0.1) is 22.5 Å². The van der Waals surface area contributed by atoms with Crippen molar-refractivity contribution in [3.8, 4) is 5.69 Å². The number of halogens is 1. The lowest BCUT2D eigenvalue weighted by atomic mass is 10.2. The Balaban J connectivity index is 1.41. The molecule has 34 heavy (non-hydrogen) atoms. The molecule has 0 aliphatic carbocycles. The van der Waals surface area contributed by atoms with Crippen LogP contribution in [0.2, 0.25) is 0 Å². The summed E-state index contributed by atoms with van der Waals surface area (Å²) in [6, 6.07) is 19.8. The van der Waals surface area contributed by atoms with E-state index in [-0.39, 0.29) is 22.9 Å². The van der Waals surface area contributed by atoms with Crippen LogP contribution in [0.5, 0.6) is 0 Å². The average Bonchev–Trinajstić information content (AvgIpc) is 3.30. The maximum atomic E-state index is 13.9. The van der Waals surface area contributed by atoms with Crippen LogP contribution in [-0.4, -0.2) is 24.1 Å². The second kappa shape index (κ2) is 9.88. The first-order chi connectivity index (χ1) is 16.3. The topological polar surface area (TPSA) is 93.1 Å². The molecule has 4 aromatic rings. The van der Waals surface area contributed by atoms with Gasteiger partial charge in [-0.3, -0.25) is 9.52 Å². The summed E-state index contributed by atoms with van der Waals surface area (Å²) in [6.07, 6.45) is 4.26. The summed E-state index contributed by atoms with van der Waals surface area (Å²) in [6.45, 7) is 1.63. The molecule has 0 unspecified atom stereocenters. The number of hydrogen-bond donors (Lipinski definition) is 2. The van der Waals surface area contributed by atoms with Crippen molar-refractivity contribution in [3.63, 3.8) is 0 Å². The number of benzene rings is 3. The Labute approximate surface area is 197 Å². The zero-order chi connectivity index (χ0) is 24.1. The molecule has 0 saturated heterocycles. The number of rotatable bonds is 8. The monoisotopic (exact) mass is 478 g/mol. The molecule has 9 heteroatoms. The number of amides is 1. The van der Waals surface area contributed by atoms with Gasteiger partial charge in [0.2, 0.25) is 5.91 Å². The molecular weight excluding hydrogens is 455 g/mol. The Morgan fingerprint density at radius 1 is 1.03 bits per heavy atom. The Morgan fingerprint density at radius 2 is 1.76 bits per heavy atom. The maximum Gasteiger partial charge on any atom is 0.262 e. The van der Waals surface area contributed by atoms with Gasteiger partial charge in [-0.05, 0) is 60.9 Å². The molecule has 174 valence electrons. The summed E-state index contributed by atoms with van der Waals surface area (Å²) in [5, 5.41) is 7.06. The number of sulfonamides is 1. The molecule has 0 aliphatic heterocycles. The first-order valence-corrected chi connectivity index (χ1v) is 12.1. The molecule has 0 atom stereocenters. The van der Waals surface area contributed by atoms with Crippen LogP contribution in [0.15, 0.2) is 90.1 Å². The Kier molecular flexibility index (Phi) is 6.74. The predicted molar refractivity (Wildman–Crippen MR) is 129 cm³/mol. The summed E-state index contributed by atoms with van der Waals surface area (Å²) in [5.41, 5.74) is 2.49. The average molecular weight is 479 g/mol. The summed E-state index contributed by atoms with van der Waals surface area (Å²) in [7, 11) is -4.06. The number of carbonyl (C=O) groups excluding carboxylic acids is 1. The maximum absolute atomic E-state index is 13.9. The summed E-state index contributed by atoms with van der Waals surface area (Å²) < 4.78 is 43.6. The molecule has 0 bridgehead atoms. The van der Waals surface area contributed by atoms with Crippen LogP contribution in [0.25, 0.3) is 5.69 Å². The number of hydrogen-bond acceptors (Lipinski definition) is 4. The van der Waals surface area contributed by atoms with Crippen LogP contribution in [0.3, 0.4) is 0 Å². The van der Waals surface area contributed by atoms with Crippen molar-refractivity contribution < 1.29 is 17.6 Å². The minimum Gasteiger partial charge on any atom is -0.326 e.